The van der Waals surface area contributed by atoms with Gasteiger partial charge >= 0.3 is 0 Å². The van der Waals surface area contributed by atoms with Crippen LogP contribution in [0.25, 0.3) is 16.8 Å². The highest BCUT2D eigenvalue weighted by Gasteiger charge is 2.40. The standard InChI is InChI=1S/C40H42N4O/c1-5-12-27-13-10-18-32(21-27)45-39-20-11-19-33(34(39)26-42-36-23-29-15-7-6-14-28(29)22-35(36)41-2)40-43(3)37-24-30-16-8-9-17-31(30)25-38(37)44(40)4/h6-8,10-11,13-16,18-25,40-42H,5,9,12,17,26H2,1-4H3/p+1. The Morgan fingerprint density at radius 2 is 1.71 bits per heavy atom. The summed E-state index contributed by atoms with van der Waals surface area (Å²) in [6, 6.07) is 32.9. The Hall–Kier alpha value is -4.74. The lowest BCUT2D eigenvalue weighted by atomic mass is 9.96. The van der Waals surface area contributed by atoms with Gasteiger partial charge in [-0.2, -0.15) is 0 Å². The monoisotopic (exact) mass is 595 g/mol. The largest absolute Gasteiger partial charge is 0.457 e. The van der Waals surface area contributed by atoms with Crippen LogP contribution in [0, 0.1) is 0 Å². The quantitative estimate of drug-likeness (QED) is 0.160. The fourth-order valence-electron chi connectivity index (χ4n) is 7.18. The van der Waals surface area contributed by atoms with Crippen LogP contribution in [0.2, 0.25) is 0 Å². The van der Waals surface area contributed by atoms with E-state index in [1.807, 2.05) is 7.05 Å². The zero-order valence-corrected chi connectivity index (χ0v) is 26.8. The van der Waals surface area contributed by atoms with E-state index in [9.17, 15) is 0 Å². The van der Waals surface area contributed by atoms with Crippen LogP contribution in [0.5, 0.6) is 11.5 Å². The van der Waals surface area contributed by atoms with Crippen molar-refractivity contribution in [3.63, 3.8) is 0 Å². The fraction of sp³-hybridized carbons (Fsp3) is 0.250. The first kappa shape index (κ1) is 29.0. The molecule has 1 heterocycles. The van der Waals surface area contributed by atoms with Crippen molar-refractivity contribution in [1.29, 1.82) is 0 Å². The van der Waals surface area contributed by atoms with Gasteiger partial charge < -0.3 is 20.3 Å². The summed E-state index contributed by atoms with van der Waals surface area (Å²) in [5.74, 6) is 1.77. The predicted octanol–water partition coefficient (Wildman–Crippen LogP) is 8.49. The molecule has 0 saturated carbocycles. The topological polar surface area (TPSA) is 41.0 Å². The lowest BCUT2D eigenvalue weighted by Gasteiger charge is -2.27. The van der Waals surface area contributed by atoms with Crippen LogP contribution >= 0.6 is 0 Å². The molecule has 2 unspecified atom stereocenters. The number of nitrogens with zero attached hydrogens (tertiary/aromatic N) is 1. The molecule has 0 fully saturated rings. The predicted molar refractivity (Wildman–Crippen MR) is 189 cm³/mol. The van der Waals surface area contributed by atoms with Crippen molar-refractivity contribution in [3.05, 3.63) is 125 Å². The first-order valence-electron chi connectivity index (χ1n) is 16.3. The van der Waals surface area contributed by atoms with Crippen molar-refractivity contribution >= 4 is 39.6 Å². The average molecular weight is 596 g/mol. The number of anilines is 3. The number of hydrogen-bond donors (Lipinski definition) is 3. The van der Waals surface area contributed by atoms with Gasteiger partial charge in [-0.3, -0.25) is 4.90 Å². The second-order valence-corrected chi connectivity index (χ2v) is 12.4. The minimum absolute atomic E-state index is 0.111. The van der Waals surface area contributed by atoms with E-state index in [-0.39, 0.29) is 6.17 Å². The van der Waals surface area contributed by atoms with Gasteiger partial charge in [-0.1, -0.05) is 74.0 Å². The van der Waals surface area contributed by atoms with Crippen LogP contribution in [0.4, 0.5) is 22.7 Å². The average Bonchev–Trinajstić information content (AvgIpc) is 3.30. The van der Waals surface area contributed by atoms with Gasteiger partial charge in [-0.15, -0.1) is 0 Å². The highest BCUT2D eigenvalue weighted by atomic mass is 16.5. The maximum Gasteiger partial charge on any atom is 0.194 e. The molecule has 0 amide bonds. The molecule has 228 valence electrons. The Morgan fingerprint density at radius 1 is 0.911 bits per heavy atom. The Bertz CT molecular complexity index is 1890. The van der Waals surface area contributed by atoms with Gasteiger partial charge in [-0.25, -0.2) is 0 Å². The van der Waals surface area contributed by atoms with Gasteiger partial charge in [0, 0.05) is 37.8 Å². The molecule has 1 aliphatic heterocycles. The maximum atomic E-state index is 6.75. The second-order valence-electron chi connectivity index (χ2n) is 12.4. The fourth-order valence-corrected chi connectivity index (χ4v) is 7.18. The van der Waals surface area contributed by atoms with Gasteiger partial charge in [0.25, 0.3) is 0 Å². The number of quaternary nitrogens is 1. The molecule has 5 aromatic rings. The number of benzene rings is 5. The highest BCUT2D eigenvalue weighted by molar-refractivity contribution is 5.92. The maximum absolute atomic E-state index is 6.75. The SMILES string of the molecule is CCCc1cccc(Oc2cccc(C3N(C)c4cc5c(cc4[NH+]3C)CCC=C5)c2CNc2cc3ccccc3cc2NC)c1. The molecule has 0 aromatic heterocycles. The molecule has 2 aliphatic rings. The Kier molecular flexibility index (Phi) is 7.95. The van der Waals surface area contributed by atoms with Crippen molar-refractivity contribution in [3.8, 4) is 11.5 Å². The van der Waals surface area contributed by atoms with Crippen LogP contribution < -0.4 is 25.2 Å². The van der Waals surface area contributed by atoms with Gasteiger partial charge in [0.15, 0.2) is 11.9 Å². The van der Waals surface area contributed by atoms with Crippen molar-refractivity contribution in [2.45, 2.75) is 45.3 Å². The summed E-state index contributed by atoms with van der Waals surface area (Å²) in [6.45, 7) is 2.84. The molecular weight excluding hydrogens is 552 g/mol. The number of ether oxygens (including phenoxy) is 1. The molecule has 5 heteroatoms. The minimum atomic E-state index is 0.111. The summed E-state index contributed by atoms with van der Waals surface area (Å²) in [6.07, 6.45) is 9.06. The lowest BCUT2D eigenvalue weighted by Crippen LogP contribution is -3.04. The second kappa shape index (κ2) is 12.3. The van der Waals surface area contributed by atoms with E-state index in [2.05, 4.69) is 140 Å². The lowest BCUT2D eigenvalue weighted by molar-refractivity contribution is -0.838. The number of fused-ring (bicyclic) bond motifs is 3. The third-order valence-corrected chi connectivity index (χ3v) is 9.48. The molecular formula is C40H43N4O+. The summed E-state index contributed by atoms with van der Waals surface area (Å²) in [5, 5.41) is 9.65. The molecule has 1 aliphatic carbocycles. The number of aryl methyl sites for hydroxylation is 2. The van der Waals surface area contributed by atoms with Gasteiger partial charge in [0.1, 0.15) is 17.2 Å². The van der Waals surface area contributed by atoms with Crippen LogP contribution in [-0.4, -0.2) is 21.1 Å². The molecule has 5 nitrogen and oxygen atoms in total. The van der Waals surface area contributed by atoms with Crippen molar-refractivity contribution in [2.24, 2.45) is 0 Å². The summed E-state index contributed by atoms with van der Waals surface area (Å²) in [7, 11) is 6.53. The first-order chi connectivity index (χ1) is 22.0. The minimum Gasteiger partial charge on any atom is -0.457 e. The van der Waals surface area contributed by atoms with Gasteiger partial charge in [-0.05, 0) is 83.1 Å². The summed E-state index contributed by atoms with van der Waals surface area (Å²) < 4.78 is 6.75. The Morgan fingerprint density at radius 3 is 2.51 bits per heavy atom. The van der Waals surface area contributed by atoms with Crippen LogP contribution in [0.3, 0.4) is 0 Å². The molecule has 5 aromatic carbocycles. The molecule has 0 bridgehead atoms. The first-order valence-corrected chi connectivity index (χ1v) is 16.3. The molecule has 0 radical (unpaired) electrons. The Labute approximate surface area is 267 Å². The molecule has 45 heavy (non-hydrogen) atoms. The summed E-state index contributed by atoms with van der Waals surface area (Å²) in [4.78, 5) is 3.84. The number of hydrogen-bond acceptors (Lipinski definition) is 4. The van der Waals surface area contributed by atoms with E-state index in [1.165, 1.54) is 54.9 Å². The zero-order chi connectivity index (χ0) is 30.9. The molecule has 7 rings (SSSR count). The third-order valence-electron chi connectivity index (χ3n) is 9.48. The van der Waals surface area contributed by atoms with E-state index in [0.717, 1.165) is 48.6 Å². The van der Waals surface area contributed by atoms with E-state index in [1.54, 1.807) is 0 Å². The Balaban J connectivity index is 1.29. The van der Waals surface area contributed by atoms with E-state index < -0.39 is 0 Å². The van der Waals surface area contributed by atoms with E-state index in [4.69, 9.17) is 4.74 Å². The van der Waals surface area contributed by atoms with Crippen molar-refractivity contribution in [1.82, 2.24) is 0 Å². The van der Waals surface area contributed by atoms with E-state index >= 15 is 0 Å². The number of nitrogens with one attached hydrogen (secondary N) is 3. The zero-order valence-electron chi connectivity index (χ0n) is 26.8. The molecule has 3 N–H and O–H groups in total. The summed E-state index contributed by atoms with van der Waals surface area (Å²) >= 11 is 0. The molecule has 2 atom stereocenters. The molecule has 0 spiro atoms. The van der Waals surface area contributed by atoms with Gasteiger partial charge in [0.05, 0.1) is 18.4 Å². The van der Waals surface area contributed by atoms with Crippen LogP contribution in [0.1, 0.15) is 53.7 Å². The highest BCUT2D eigenvalue weighted by Crippen LogP contribution is 2.41. The molecule has 0 saturated heterocycles. The van der Waals surface area contributed by atoms with E-state index in [0.29, 0.717) is 6.54 Å². The summed E-state index contributed by atoms with van der Waals surface area (Å²) in [5.41, 5.74) is 11.3. The third kappa shape index (κ3) is 5.53. The van der Waals surface area contributed by atoms with Gasteiger partial charge in [0.2, 0.25) is 0 Å². The van der Waals surface area contributed by atoms with Crippen LogP contribution in [0.15, 0.2) is 97.1 Å². The van der Waals surface area contributed by atoms with Crippen molar-refractivity contribution < 1.29 is 9.64 Å². The smallest absolute Gasteiger partial charge is 0.194 e. The normalized spacial score (nSPS) is 16.8. The number of allylic oxidation sites excluding steroid dienone is 1. The van der Waals surface area contributed by atoms with Crippen LogP contribution in [-0.2, 0) is 19.4 Å². The number of rotatable bonds is 9. The van der Waals surface area contributed by atoms with Crippen molar-refractivity contribution in [2.75, 3.05) is 36.7 Å².